The predicted octanol–water partition coefficient (Wildman–Crippen LogP) is 3.82. The maximum absolute atomic E-state index is 12.8. The normalized spacial score (nSPS) is 15.9. The van der Waals surface area contributed by atoms with Crippen molar-refractivity contribution in [1.29, 1.82) is 0 Å². The summed E-state index contributed by atoms with van der Waals surface area (Å²) < 4.78 is 5.61. The SMILES string of the molecule is O=C(CN[C@@H](c1ccccc1)c1ccco1)N1CCN(C/C=C/c2ccccc2)CC1. The third-order valence-electron chi connectivity index (χ3n) is 5.62. The first-order valence-electron chi connectivity index (χ1n) is 10.8. The number of piperazine rings is 1. The smallest absolute Gasteiger partial charge is 0.236 e. The fourth-order valence-electron chi connectivity index (χ4n) is 3.87. The molecule has 0 unspecified atom stereocenters. The maximum atomic E-state index is 12.8. The Morgan fingerprint density at radius 1 is 0.935 bits per heavy atom. The van der Waals surface area contributed by atoms with Gasteiger partial charge in [0, 0.05) is 32.7 Å². The van der Waals surface area contributed by atoms with E-state index in [2.05, 4.69) is 34.5 Å². The highest BCUT2D eigenvalue weighted by atomic mass is 16.3. The molecule has 3 aromatic rings. The molecule has 31 heavy (non-hydrogen) atoms. The third kappa shape index (κ3) is 5.94. The van der Waals surface area contributed by atoms with Crippen LogP contribution in [-0.4, -0.2) is 55.0 Å². The van der Waals surface area contributed by atoms with Crippen LogP contribution in [0.1, 0.15) is 22.9 Å². The molecule has 1 amide bonds. The molecule has 4 rings (SSSR count). The van der Waals surface area contributed by atoms with Gasteiger partial charge in [-0.05, 0) is 23.3 Å². The molecule has 5 heteroatoms. The van der Waals surface area contributed by atoms with Crippen molar-refractivity contribution < 1.29 is 9.21 Å². The van der Waals surface area contributed by atoms with Gasteiger partial charge in [-0.1, -0.05) is 72.8 Å². The Kier molecular flexibility index (Phi) is 7.32. The number of rotatable bonds is 8. The van der Waals surface area contributed by atoms with Crippen molar-refractivity contribution in [3.05, 3.63) is 102 Å². The Hall–Kier alpha value is -3.15. The van der Waals surface area contributed by atoms with Gasteiger partial charge >= 0.3 is 0 Å². The fraction of sp³-hybridized carbons (Fsp3) is 0.269. The van der Waals surface area contributed by atoms with E-state index in [0.717, 1.165) is 44.0 Å². The molecule has 0 bridgehead atoms. The van der Waals surface area contributed by atoms with Gasteiger partial charge < -0.3 is 9.32 Å². The molecule has 1 aromatic heterocycles. The van der Waals surface area contributed by atoms with Crippen molar-refractivity contribution in [3.8, 4) is 0 Å². The Morgan fingerprint density at radius 3 is 2.32 bits per heavy atom. The van der Waals surface area contributed by atoms with Crippen molar-refractivity contribution in [2.24, 2.45) is 0 Å². The van der Waals surface area contributed by atoms with Crippen LogP contribution >= 0.6 is 0 Å². The molecule has 1 N–H and O–H groups in total. The first-order valence-corrected chi connectivity index (χ1v) is 10.8. The first kappa shape index (κ1) is 21.1. The lowest BCUT2D eigenvalue weighted by molar-refractivity contribution is -0.132. The molecule has 2 aromatic carbocycles. The van der Waals surface area contributed by atoms with E-state index in [1.165, 1.54) is 5.56 Å². The summed E-state index contributed by atoms with van der Waals surface area (Å²) >= 11 is 0. The molecular weight excluding hydrogens is 386 g/mol. The number of carbonyl (C=O) groups is 1. The van der Waals surface area contributed by atoms with Crippen LogP contribution < -0.4 is 5.32 Å². The van der Waals surface area contributed by atoms with Crippen LogP contribution in [0.3, 0.4) is 0 Å². The van der Waals surface area contributed by atoms with E-state index < -0.39 is 0 Å². The fourth-order valence-corrected chi connectivity index (χ4v) is 3.87. The van der Waals surface area contributed by atoms with Gasteiger partial charge in [0.2, 0.25) is 5.91 Å². The van der Waals surface area contributed by atoms with E-state index in [0.29, 0.717) is 0 Å². The summed E-state index contributed by atoms with van der Waals surface area (Å²) in [5.41, 5.74) is 2.30. The van der Waals surface area contributed by atoms with Gasteiger partial charge in [-0.15, -0.1) is 0 Å². The summed E-state index contributed by atoms with van der Waals surface area (Å²) in [6.45, 7) is 4.50. The molecule has 1 aliphatic rings. The highest BCUT2D eigenvalue weighted by molar-refractivity contribution is 5.78. The molecular formula is C26H29N3O2. The standard InChI is InChI=1S/C26H29N3O2/c30-25(21-27-26(24-14-8-20-31-24)23-12-5-2-6-13-23)29-18-16-28(17-19-29)15-7-11-22-9-3-1-4-10-22/h1-14,20,26-27H,15-19,21H2/b11-7+/t26-/m0/s1. The molecule has 1 atom stereocenters. The van der Waals surface area contributed by atoms with E-state index in [1.807, 2.05) is 65.6 Å². The molecule has 0 aliphatic carbocycles. The highest BCUT2D eigenvalue weighted by Crippen LogP contribution is 2.22. The molecule has 0 radical (unpaired) electrons. The summed E-state index contributed by atoms with van der Waals surface area (Å²) in [5, 5.41) is 3.39. The Bertz CT molecular complexity index is 947. The third-order valence-corrected chi connectivity index (χ3v) is 5.62. The zero-order valence-corrected chi connectivity index (χ0v) is 17.7. The van der Waals surface area contributed by atoms with Gasteiger partial charge in [-0.2, -0.15) is 0 Å². The monoisotopic (exact) mass is 415 g/mol. The minimum absolute atomic E-state index is 0.131. The molecule has 2 heterocycles. The second-order valence-corrected chi connectivity index (χ2v) is 7.73. The van der Waals surface area contributed by atoms with Crippen LogP contribution in [0.5, 0.6) is 0 Å². The van der Waals surface area contributed by atoms with Crippen LogP contribution in [0.15, 0.2) is 89.6 Å². The zero-order chi connectivity index (χ0) is 21.3. The lowest BCUT2D eigenvalue weighted by Gasteiger charge is -2.34. The van der Waals surface area contributed by atoms with Crippen molar-refractivity contribution in [3.63, 3.8) is 0 Å². The van der Waals surface area contributed by atoms with Crippen LogP contribution in [-0.2, 0) is 4.79 Å². The Labute approximate surface area is 184 Å². The number of hydrogen-bond acceptors (Lipinski definition) is 4. The maximum Gasteiger partial charge on any atom is 0.236 e. The molecule has 0 saturated carbocycles. The lowest BCUT2D eigenvalue weighted by Crippen LogP contribution is -2.50. The van der Waals surface area contributed by atoms with E-state index in [9.17, 15) is 4.79 Å². The van der Waals surface area contributed by atoms with Gasteiger partial charge in [-0.25, -0.2) is 0 Å². The van der Waals surface area contributed by atoms with E-state index >= 15 is 0 Å². The number of hydrogen-bond donors (Lipinski definition) is 1. The van der Waals surface area contributed by atoms with E-state index in [-0.39, 0.29) is 18.5 Å². The molecule has 0 spiro atoms. The molecule has 1 aliphatic heterocycles. The lowest BCUT2D eigenvalue weighted by atomic mass is 10.0. The highest BCUT2D eigenvalue weighted by Gasteiger charge is 2.22. The average molecular weight is 416 g/mol. The van der Waals surface area contributed by atoms with Gasteiger partial charge in [-0.3, -0.25) is 15.0 Å². The first-order chi connectivity index (χ1) is 15.3. The van der Waals surface area contributed by atoms with Crippen LogP contribution in [0.2, 0.25) is 0 Å². The van der Waals surface area contributed by atoms with Crippen molar-refractivity contribution in [2.45, 2.75) is 6.04 Å². The number of nitrogens with one attached hydrogen (secondary N) is 1. The Morgan fingerprint density at radius 2 is 1.65 bits per heavy atom. The zero-order valence-electron chi connectivity index (χ0n) is 17.7. The van der Waals surface area contributed by atoms with E-state index in [4.69, 9.17) is 4.42 Å². The Balaban J connectivity index is 1.25. The minimum Gasteiger partial charge on any atom is -0.467 e. The molecule has 1 fully saturated rings. The van der Waals surface area contributed by atoms with Crippen molar-refractivity contribution in [1.82, 2.24) is 15.1 Å². The quantitative estimate of drug-likeness (QED) is 0.608. The van der Waals surface area contributed by atoms with Crippen LogP contribution in [0, 0.1) is 0 Å². The number of furan rings is 1. The van der Waals surface area contributed by atoms with Gasteiger partial charge in [0.15, 0.2) is 0 Å². The number of benzene rings is 2. The van der Waals surface area contributed by atoms with Crippen LogP contribution in [0.4, 0.5) is 0 Å². The van der Waals surface area contributed by atoms with Crippen LogP contribution in [0.25, 0.3) is 6.08 Å². The second-order valence-electron chi connectivity index (χ2n) is 7.73. The summed E-state index contributed by atoms with van der Waals surface area (Å²) in [7, 11) is 0. The summed E-state index contributed by atoms with van der Waals surface area (Å²) in [5.74, 6) is 0.945. The number of amides is 1. The largest absolute Gasteiger partial charge is 0.467 e. The molecule has 1 saturated heterocycles. The van der Waals surface area contributed by atoms with Crippen molar-refractivity contribution in [2.75, 3.05) is 39.3 Å². The van der Waals surface area contributed by atoms with E-state index in [1.54, 1.807) is 6.26 Å². The topological polar surface area (TPSA) is 48.7 Å². The summed E-state index contributed by atoms with van der Waals surface area (Å²) in [6.07, 6.45) is 6.02. The molecule has 160 valence electrons. The van der Waals surface area contributed by atoms with Crippen molar-refractivity contribution >= 4 is 12.0 Å². The summed E-state index contributed by atoms with van der Waals surface area (Å²) in [4.78, 5) is 17.1. The predicted molar refractivity (Wildman–Crippen MR) is 123 cm³/mol. The van der Waals surface area contributed by atoms with Gasteiger partial charge in [0.25, 0.3) is 0 Å². The van der Waals surface area contributed by atoms with Gasteiger partial charge in [0.05, 0.1) is 18.8 Å². The number of nitrogens with zero attached hydrogens (tertiary/aromatic N) is 2. The average Bonchev–Trinajstić information content (AvgIpc) is 3.36. The second kappa shape index (κ2) is 10.8. The van der Waals surface area contributed by atoms with Gasteiger partial charge in [0.1, 0.15) is 5.76 Å². The minimum atomic E-state index is -0.135. The molecule has 5 nitrogen and oxygen atoms in total. The number of carbonyl (C=O) groups excluding carboxylic acids is 1. The summed E-state index contributed by atoms with van der Waals surface area (Å²) in [6, 6.07) is 24.1.